The molecule has 2 rings (SSSR count). The molecule has 0 aromatic heterocycles. The van der Waals surface area contributed by atoms with Crippen molar-refractivity contribution in [1.29, 1.82) is 0 Å². The minimum atomic E-state index is -0.550. The minimum Gasteiger partial charge on any atom is -0.386 e. The zero-order valence-corrected chi connectivity index (χ0v) is 7.63. The first-order valence-electron chi connectivity index (χ1n) is 3.14. The number of hydrogen-bond acceptors (Lipinski definition) is 3. The van der Waals surface area contributed by atoms with E-state index in [2.05, 4.69) is 4.74 Å². The molecule has 1 aliphatic rings. The largest absolute Gasteiger partial charge is 0.386 e. The molecule has 3 nitrogen and oxygen atoms in total. The monoisotopic (exact) mass is 250 g/mol. The molecule has 1 aliphatic heterocycles. The quantitative estimate of drug-likeness (QED) is 0.391. The van der Waals surface area contributed by atoms with Crippen molar-refractivity contribution in [1.82, 2.24) is 0 Å². The number of carbonyl (C=O) groups excluding carboxylic acids is 2. The summed E-state index contributed by atoms with van der Waals surface area (Å²) in [6.45, 7) is 0. The van der Waals surface area contributed by atoms with Crippen LogP contribution in [0.3, 0.4) is 0 Å². The molecule has 0 fully saturated rings. The van der Waals surface area contributed by atoms with E-state index in [4.69, 9.17) is 0 Å². The van der Waals surface area contributed by atoms with Gasteiger partial charge < -0.3 is 4.74 Å². The molecule has 0 spiro atoms. The Kier molecular flexibility index (Phi) is 2.38. The minimum absolute atomic E-state index is 0. The van der Waals surface area contributed by atoms with Gasteiger partial charge in [0.25, 0.3) is 0 Å². The van der Waals surface area contributed by atoms with Gasteiger partial charge >= 0.3 is 11.9 Å². The molecule has 0 saturated carbocycles. The molecule has 62 valence electrons. The van der Waals surface area contributed by atoms with Crippen LogP contribution >= 0.6 is 0 Å². The zero-order valence-electron chi connectivity index (χ0n) is 5.89. The molecular weight excluding hydrogens is 245 g/mol. The summed E-state index contributed by atoms with van der Waals surface area (Å²) < 4.78 is 4.35. The molecule has 0 saturated heterocycles. The molecule has 0 amide bonds. The summed E-state index contributed by atoms with van der Waals surface area (Å²) in [6.07, 6.45) is 0. The van der Waals surface area contributed by atoms with Crippen molar-refractivity contribution >= 4 is 11.9 Å². The molecule has 12 heavy (non-hydrogen) atoms. The maximum atomic E-state index is 10.8. The normalized spacial score (nSPS) is 13.3. The molecule has 0 N–H and O–H groups in total. The molecule has 0 unspecified atom stereocenters. The second-order valence-electron chi connectivity index (χ2n) is 2.22. The maximum Gasteiger partial charge on any atom is 0.346 e. The van der Waals surface area contributed by atoms with Crippen molar-refractivity contribution in [3.05, 3.63) is 35.4 Å². The first-order chi connectivity index (χ1) is 5.29. The number of ether oxygens (including phenoxy) is 1. The van der Waals surface area contributed by atoms with E-state index in [1.165, 1.54) is 0 Å². The van der Waals surface area contributed by atoms with Crippen LogP contribution in [-0.2, 0) is 24.2 Å². The fourth-order valence-corrected chi connectivity index (χ4v) is 1.03. The average Bonchev–Trinajstić information content (AvgIpc) is 2.30. The van der Waals surface area contributed by atoms with Crippen LogP contribution in [-0.4, -0.2) is 11.9 Å². The second kappa shape index (κ2) is 3.15. The fraction of sp³-hybridized carbons (Fsp3) is 0. The van der Waals surface area contributed by atoms with Gasteiger partial charge in [0, 0.05) is 19.5 Å². The van der Waals surface area contributed by atoms with Crippen LogP contribution in [0, 0.1) is 0 Å². The molecule has 0 radical (unpaired) electrons. The van der Waals surface area contributed by atoms with Crippen molar-refractivity contribution < 1.29 is 33.8 Å². The molecule has 0 bridgehead atoms. The summed E-state index contributed by atoms with van der Waals surface area (Å²) in [4.78, 5) is 21.7. The van der Waals surface area contributed by atoms with Gasteiger partial charge in [-0.1, -0.05) is 12.1 Å². The van der Waals surface area contributed by atoms with Gasteiger partial charge in [-0.2, -0.15) is 0 Å². The van der Waals surface area contributed by atoms with Crippen LogP contribution in [0.1, 0.15) is 20.7 Å². The molecule has 1 aromatic rings. The first-order valence-corrected chi connectivity index (χ1v) is 3.14. The van der Waals surface area contributed by atoms with E-state index in [0.717, 1.165) is 0 Å². The number of cyclic esters (lactones) is 2. The van der Waals surface area contributed by atoms with Gasteiger partial charge in [0.1, 0.15) is 0 Å². The standard InChI is InChI=1S/C8H4O3.Ru/c9-7-5-3-1-2-4-6(5)8(10)11-7;/h1-4H;. The average molecular weight is 249 g/mol. The maximum absolute atomic E-state index is 10.8. The number of hydrogen-bond donors (Lipinski definition) is 0. The van der Waals surface area contributed by atoms with Gasteiger partial charge in [-0.3, -0.25) is 0 Å². The van der Waals surface area contributed by atoms with E-state index in [1.54, 1.807) is 24.3 Å². The summed E-state index contributed by atoms with van der Waals surface area (Å²) in [5.74, 6) is -1.10. The number of benzene rings is 1. The number of fused-ring (bicyclic) bond motifs is 1. The molecular formula is C8H4O3Ru. The van der Waals surface area contributed by atoms with Gasteiger partial charge in [-0.15, -0.1) is 0 Å². The Labute approximate surface area is 81.5 Å². The zero-order chi connectivity index (χ0) is 7.84. The van der Waals surface area contributed by atoms with Gasteiger partial charge in [0.2, 0.25) is 0 Å². The molecule has 1 heterocycles. The Morgan fingerprint density at radius 1 is 0.917 bits per heavy atom. The van der Waals surface area contributed by atoms with E-state index in [9.17, 15) is 9.59 Å². The number of carbonyl (C=O) groups is 2. The topological polar surface area (TPSA) is 43.4 Å². The Hall–Kier alpha value is -1.02. The third-order valence-corrected chi connectivity index (χ3v) is 1.55. The Bertz CT molecular complexity index is 313. The Morgan fingerprint density at radius 2 is 1.33 bits per heavy atom. The van der Waals surface area contributed by atoms with Crippen molar-refractivity contribution in [2.45, 2.75) is 0 Å². The Morgan fingerprint density at radius 3 is 1.75 bits per heavy atom. The third-order valence-electron chi connectivity index (χ3n) is 1.55. The second-order valence-corrected chi connectivity index (χ2v) is 2.22. The predicted molar refractivity (Wildman–Crippen MR) is 36.2 cm³/mol. The SMILES string of the molecule is O=C1OC(=O)c2ccccc21.[Ru]. The van der Waals surface area contributed by atoms with Gasteiger partial charge in [0.15, 0.2) is 0 Å². The van der Waals surface area contributed by atoms with Crippen LogP contribution in [0.5, 0.6) is 0 Å². The van der Waals surface area contributed by atoms with E-state index in [0.29, 0.717) is 11.1 Å². The van der Waals surface area contributed by atoms with Gasteiger partial charge in [0.05, 0.1) is 11.1 Å². The van der Waals surface area contributed by atoms with Crippen LogP contribution < -0.4 is 0 Å². The summed E-state index contributed by atoms with van der Waals surface area (Å²) in [5.41, 5.74) is 0.718. The first kappa shape index (κ1) is 9.07. The molecule has 1 aromatic carbocycles. The van der Waals surface area contributed by atoms with Gasteiger partial charge in [-0.05, 0) is 12.1 Å². The Balaban J connectivity index is 0.000000720. The molecule has 0 atom stereocenters. The van der Waals surface area contributed by atoms with E-state index < -0.39 is 11.9 Å². The van der Waals surface area contributed by atoms with Crippen molar-refractivity contribution in [2.75, 3.05) is 0 Å². The number of rotatable bonds is 0. The summed E-state index contributed by atoms with van der Waals surface area (Å²) >= 11 is 0. The van der Waals surface area contributed by atoms with E-state index in [-0.39, 0.29) is 19.5 Å². The van der Waals surface area contributed by atoms with Crippen LogP contribution in [0.25, 0.3) is 0 Å². The van der Waals surface area contributed by atoms with E-state index in [1.807, 2.05) is 0 Å². The van der Waals surface area contributed by atoms with Crippen LogP contribution in [0.4, 0.5) is 0 Å². The smallest absolute Gasteiger partial charge is 0.346 e. The van der Waals surface area contributed by atoms with Crippen molar-refractivity contribution in [3.8, 4) is 0 Å². The summed E-state index contributed by atoms with van der Waals surface area (Å²) in [5, 5.41) is 0. The number of esters is 2. The van der Waals surface area contributed by atoms with Crippen molar-refractivity contribution in [3.63, 3.8) is 0 Å². The van der Waals surface area contributed by atoms with Crippen LogP contribution in [0.15, 0.2) is 24.3 Å². The van der Waals surface area contributed by atoms with Crippen molar-refractivity contribution in [2.24, 2.45) is 0 Å². The molecule has 0 aliphatic carbocycles. The predicted octanol–water partition coefficient (Wildman–Crippen LogP) is 0.995. The summed E-state index contributed by atoms with van der Waals surface area (Å²) in [6, 6.07) is 6.53. The molecule has 4 heteroatoms. The third kappa shape index (κ3) is 1.18. The van der Waals surface area contributed by atoms with Gasteiger partial charge in [-0.25, -0.2) is 9.59 Å². The summed E-state index contributed by atoms with van der Waals surface area (Å²) in [7, 11) is 0. The van der Waals surface area contributed by atoms with E-state index >= 15 is 0 Å². The fourth-order valence-electron chi connectivity index (χ4n) is 1.03. The van der Waals surface area contributed by atoms with Crippen LogP contribution in [0.2, 0.25) is 0 Å².